The van der Waals surface area contributed by atoms with Gasteiger partial charge in [0.1, 0.15) is 11.4 Å². The monoisotopic (exact) mass is 380 g/mol. The molecule has 1 heterocycles. The SMILES string of the molecule is CN(C)S(=O)(=O)CC(=O)c1csc(CCCCCc2ccccc2)n1. The van der Waals surface area contributed by atoms with Crippen molar-refractivity contribution in [3.05, 3.63) is 52.0 Å². The van der Waals surface area contributed by atoms with Crippen molar-refractivity contribution in [3.8, 4) is 0 Å². The predicted octanol–water partition coefficient (Wildman–Crippen LogP) is 3.17. The molecule has 7 heteroatoms. The number of unbranched alkanes of at least 4 members (excludes halogenated alkanes) is 2. The number of benzene rings is 1. The number of carbonyl (C=O) groups is 1. The van der Waals surface area contributed by atoms with E-state index in [1.807, 2.05) is 6.07 Å². The number of nitrogens with zero attached hydrogens (tertiary/aromatic N) is 2. The van der Waals surface area contributed by atoms with Crippen LogP contribution >= 0.6 is 11.3 Å². The van der Waals surface area contributed by atoms with E-state index in [2.05, 4.69) is 29.2 Å². The number of ketones is 1. The topological polar surface area (TPSA) is 67.3 Å². The molecule has 1 aromatic heterocycles. The third kappa shape index (κ3) is 6.34. The van der Waals surface area contributed by atoms with Crippen LogP contribution in [0.15, 0.2) is 35.7 Å². The van der Waals surface area contributed by atoms with Gasteiger partial charge in [0.25, 0.3) is 0 Å². The van der Waals surface area contributed by atoms with Crippen LogP contribution in [0.1, 0.15) is 40.3 Å². The molecule has 0 atom stereocenters. The van der Waals surface area contributed by atoms with Gasteiger partial charge in [0.15, 0.2) is 5.78 Å². The first-order chi connectivity index (χ1) is 11.9. The molecule has 0 radical (unpaired) electrons. The molecule has 25 heavy (non-hydrogen) atoms. The second-order valence-corrected chi connectivity index (χ2v) is 9.26. The first kappa shape index (κ1) is 19.8. The Morgan fingerprint density at radius 2 is 1.76 bits per heavy atom. The van der Waals surface area contributed by atoms with E-state index in [4.69, 9.17) is 0 Å². The molecule has 1 aromatic carbocycles. The molecule has 0 fully saturated rings. The van der Waals surface area contributed by atoms with Gasteiger partial charge in [0, 0.05) is 19.5 Å². The van der Waals surface area contributed by atoms with E-state index >= 15 is 0 Å². The standard InChI is InChI=1S/C18H24N2O3S2/c1-20(2)25(22,23)14-17(21)16-13-24-18(19-16)12-8-4-7-11-15-9-5-3-6-10-15/h3,5-6,9-10,13H,4,7-8,11-12,14H2,1-2H3. The summed E-state index contributed by atoms with van der Waals surface area (Å²) in [7, 11) is -0.696. The molecule has 0 aliphatic carbocycles. The summed E-state index contributed by atoms with van der Waals surface area (Å²) in [6.07, 6.45) is 5.15. The molecular weight excluding hydrogens is 356 g/mol. The highest BCUT2D eigenvalue weighted by Gasteiger charge is 2.21. The predicted molar refractivity (Wildman–Crippen MR) is 102 cm³/mol. The Kier molecular flexibility index (Phi) is 7.28. The van der Waals surface area contributed by atoms with Crippen molar-refractivity contribution in [2.45, 2.75) is 32.1 Å². The van der Waals surface area contributed by atoms with Gasteiger partial charge in [0.05, 0.1) is 5.01 Å². The second kappa shape index (κ2) is 9.22. The number of aromatic nitrogens is 1. The van der Waals surface area contributed by atoms with Crippen LogP contribution < -0.4 is 0 Å². The number of hydrogen-bond donors (Lipinski definition) is 0. The highest BCUT2D eigenvalue weighted by Crippen LogP contribution is 2.15. The van der Waals surface area contributed by atoms with Crippen LogP contribution in [0.25, 0.3) is 0 Å². The Balaban J connectivity index is 1.75. The molecule has 0 spiro atoms. The maximum absolute atomic E-state index is 12.0. The first-order valence-electron chi connectivity index (χ1n) is 8.30. The minimum absolute atomic E-state index is 0.259. The summed E-state index contributed by atoms with van der Waals surface area (Å²) < 4.78 is 24.6. The van der Waals surface area contributed by atoms with Crippen LogP contribution in [0.5, 0.6) is 0 Å². The molecule has 0 unspecified atom stereocenters. The quantitative estimate of drug-likeness (QED) is 0.469. The summed E-state index contributed by atoms with van der Waals surface area (Å²) >= 11 is 1.43. The molecule has 0 saturated carbocycles. The zero-order valence-electron chi connectivity index (χ0n) is 14.6. The second-order valence-electron chi connectivity index (χ2n) is 6.13. The van der Waals surface area contributed by atoms with Crippen molar-refractivity contribution in [2.75, 3.05) is 19.8 Å². The third-order valence-corrected chi connectivity index (χ3v) is 6.55. The summed E-state index contributed by atoms with van der Waals surface area (Å²) in [6.45, 7) is 0. The van der Waals surface area contributed by atoms with Gasteiger partial charge in [-0.05, 0) is 31.2 Å². The molecule has 2 aromatic rings. The Bertz CT molecular complexity index is 784. The van der Waals surface area contributed by atoms with Crippen LogP contribution in [-0.2, 0) is 22.9 Å². The van der Waals surface area contributed by atoms with Crippen LogP contribution in [0, 0.1) is 0 Å². The lowest BCUT2D eigenvalue weighted by Gasteiger charge is -2.09. The van der Waals surface area contributed by atoms with Crippen molar-refractivity contribution in [1.82, 2.24) is 9.29 Å². The van der Waals surface area contributed by atoms with Gasteiger partial charge in [-0.25, -0.2) is 17.7 Å². The molecule has 5 nitrogen and oxygen atoms in total. The molecule has 2 rings (SSSR count). The zero-order chi connectivity index (χ0) is 18.3. The van der Waals surface area contributed by atoms with E-state index in [1.54, 1.807) is 5.38 Å². The van der Waals surface area contributed by atoms with Gasteiger partial charge in [-0.2, -0.15) is 0 Å². The molecule has 136 valence electrons. The number of carbonyl (C=O) groups excluding carboxylic acids is 1. The minimum atomic E-state index is -3.54. The van der Waals surface area contributed by atoms with Gasteiger partial charge in [-0.15, -0.1) is 11.3 Å². The van der Waals surface area contributed by atoms with E-state index in [0.29, 0.717) is 0 Å². The number of hydrogen-bond acceptors (Lipinski definition) is 5. The lowest BCUT2D eigenvalue weighted by molar-refractivity contribution is 0.101. The summed E-state index contributed by atoms with van der Waals surface area (Å²) in [4.78, 5) is 16.3. The van der Waals surface area contributed by atoms with Gasteiger partial charge in [-0.3, -0.25) is 4.79 Å². The van der Waals surface area contributed by atoms with Crippen LogP contribution in [0.4, 0.5) is 0 Å². The van der Waals surface area contributed by atoms with Crippen molar-refractivity contribution in [2.24, 2.45) is 0 Å². The van der Waals surface area contributed by atoms with Gasteiger partial charge >= 0.3 is 0 Å². The summed E-state index contributed by atoms with van der Waals surface area (Å²) in [6, 6.07) is 10.4. The minimum Gasteiger partial charge on any atom is -0.291 e. The van der Waals surface area contributed by atoms with Crippen molar-refractivity contribution in [3.63, 3.8) is 0 Å². The van der Waals surface area contributed by atoms with E-state index in [-0.39, 0.29) is 5.69 Å². The fourth-order valence-electron chi connectivity index (χ4n) is 2.35. The summed E-state index contributed by atoms with van der Waals surface area (Å²) in [5, 5.41) is 2.55. The van der Waals surface area contributed by atoms with Gasteiger partial charge < -0.3 is 0 Å². The van der Waals surface area contributed by atoms with Gasteiger partial charge in [0.2, 0.25) is 10.0 Å². The van der Waals surface area contributed by atoms with Gasteiger partial charge in [-0.1, -0.05) is 36.8 Å². The van der Waals surface area contributed by atoms with Crippen molar-refractivity contribution in [1.29, 1.82) is 0 Å². The summed E-state index contributed by atoms with van der Waals surface area (Å²) in [5.41, 5.74) is 1.61. The van der Waals surface area contributed by atoms with Crippen molar-refractivity contribution >= 4 is 27.1 Å². The summed E-state index contributed by atoms with van der Waals surface area (Å²) in [5.74, 6) is -0.972. The molecule has 0 aliphatic rings. The number of rotatable bonds is 10. The maximum Gasteiger partial charge on any atom is 0.221 e. The molecule has 0 saturated heterocycles. The fraction of sp³-hybridized carbons (Fsp3) is 0.444. The lowest BCUT2D eigenvalue weighted by Crippen LogP contribution is -2.29. The Labute approximate surface area is 153 Å². The highest BCUT2D eigenvalue weighted by molar-refractivity contribution is 7.89. The Morgan fingerprint density at radius 1 is 1.08 bits per heavy atom. The zero-order valence-corrected chi connectivity index (χ0v) is 16.3. The number of aryl methyl sites for hydroxylation is 2. The Hall–Kier alpha value is -1.57. The number of sulfonamides is 1. The lowest BCUT2D eigenvalue weighted by atomic mass is 10.1. The Morgan fingerprint density at radius 3 is 2.44 bits per heavy atom. The average molecular weight is 381 g/mol. The van der Waals surface area contributed by atoms with E-state index in [1.165, 1.54) is 31.0 Å². The maximum atomic E-state index is 12.0. The first-order valence-corrected chi connectivity index (χ1v) is 10.8. The molecular formula is C18H24N2O3S2. The normalized spacial score (nSPS) is 11.8. The highest BCUT2D eigenvalue weighted by atomic mass is 32.2. The van der Waals surface area contributed by atoms with E-state index < -0.39 is 21.6 Å². The molecule has 0 bridgehead atoms. The smallest absolute Gasteiger partial charge is 0.221 e. The molecule has 0 aliphatic heterocycles. The van der Waals surface area contributed by atoms with Crippen LogP contribution in [-0.4, -0.2) is 43.3 Å². The molecule has 0 N–H and O–H groups in total. The van der Waals surface area contributed by atoms with Crippen LogP contribution in [0.3, 0.4) is 0 Å². The molecule has 0 amide bonds. The van der Waals surface area contributed by atoms with Crippen LogP contribution in [0.2, 0.25) is 0 Å². The van der Waals surface area contributed by atoms with E-state index in [9.17, 15) is 13.2 Å². The third-order valence-electron chi connectivity index (χ3n) is 3.91. The number of Topliss-reactive ketones (excluding diaryl/α,β-unsaturated/α-hetero) is 1. The largest absolute Gasteiger partial charge is 0.291 e. The number of thiazole rings is 1. The van der Waals surface area contributed by atoms with E-state index in [0.717, 1.165) is 41.4 Å². The average Bonchev–Trinajstić information content (AvgIpc) is 3.04. The van der Waals surface area contributed by atoms with Crippen molar-refractivity contribution < 1.29 is 13.2 Å². The fourth-order valence-corrected chi connectivity index (χ4v) is 3.93.